The average molecular weight is 342 g/mol. The Hall–Kier alpha value is -2.21. The number of hydrogen-bond donors (Lipinski definition) is 1. The highest BCUT2D eigenvalue weighted by atomic mass is 16.5. The summed E-state index contributed by atoms with van der Waals surface area (Å²) in [7, 11) is 0. The highest BCUT2D eigenvalue weighted by molar-refractivity contribution is 6.22. The lowest BCUT2D eigenvalue weighted by Crippen LogP contribution is -2.36. The molecule has 1 saturated heterocycles. The van der Waals surface area contributed by atoms with Gasteiger partial charge in [-0.05, 0) is 49.8 Å². The molecule has 0 radical (unpaired) electrons. The van der Waals surface area contributed by atoms with Crippen molar-refractivity contribution in [2.24, 2.45) is 5.92 Å². The Morgan fingerprint density at radius 2 is 1.92 bits per heavy atom. The van der Waals surface area contributed by atoms with Crippen molar-refractivity contribution in [2.75, 3.05) is 19.7 Å². The Labute approximate surface area is 146 Å². The minimum atomic E-state index is -0.329. The number of fused-ring (bicyclic) bond motifs is 1. The fourth-order valence-electron chi connectivity index (χ4n) is 3.63. The van der Waals surface area contributed by atoms with Crippen LogP contribution in [0.5, 0.6) is 0 Å². The van der Waals surface area contributed by atoms with Gasteiger partial charge in [0, 0.05) is 18.7 Å². The molecule has 0 aromatic heterocycles. The lowest BCUT2D eigenvalue weighted by Gasteiger charge is -2.25. The average Bonchev–Trinajstić information content (AvgIpc) is 3.16. The van der Waals surface area contributed by atoms with Crippen molar-refractivity contribution in [3.63, 3.8) is 0 Å². The van der Waals surface area contributed by atoms with Gasteiger partial charge in [-0.15, -0.1) is 0 Å². The van der Waals surface area contributed by atoms with Gasteiger partial charge in [0.1, 0.15) is 0 Å². The number of benzene rings is 1. The van der Waals surface area contributed by atoms with Crippen LogP contribution in [-0.4, -0.2) is 48.4 Å². The van der Waals surface area contributed by atoms with Crippen LogP contribution in [-0.2, 0) is 4.74 Å². The summed E-state index contributed by atoms with van der Waals surface area (Å²) in [6.45, 7) is 1.64. The highest BCUT2D eigenvalue weighted by Crippen LogP contribution is 2.27. The smallest absolute Gasteiger partial charge is 0.261 e. The highest BCUT2D eigenvalue weighted by Gasteiger charge is 2.38. The predicted molar refractivity (Wildman–Crippen MR) is 90.5 cm³/mol. The summed E-state index contributed by atoms with van der Waals surface area (Å²) in [6.07, 6.45) is 5.30. The molecule has 132 valence electrons. The van der Waals surface area contributed by atoms with Crippen molar-refractivity contribution in [3.8, 4) is 0 Å². The molecule has 2 heterocycles. The molecule has 1 aromatic carbocycles. The van der Waals surface area contributed by atoms with Gasteiger partial charge in [-0.25, -0.2) is 0 Å². The molecule has 3 amide bonds. The molecule has 0 unspecified atom stereocenters. The molecule has 0 spiro atoms. The summed E-state index contributed by atoms with van der Waals surface area (Å²) in [5.41, 5.74) is 1.12. The Morgan fingerprint density at radius 3 is 2.60 bits per heavy atom. The zero-order chi connectivity index (χ0) is 17.4. The van der Waals surface area contributed by atoms with Crippen LogP contribution >= 0.6 is 0 Å². The number of hydrogen-bond acceptors (Lipinski definition) is 4. The van der Waals surface area contributed by atoms with Gasteiger partial charge in [0.2, 0.25) is 0 Å². The molecule has 0 bridgehead atoms. The summed E-state index contributed by atoms with van der Waals surface area (Å²) in [5.74, 6) is -0.239. The van der Waals surface area contributed by atoms with Crippen molar-refractivity contribution in [3.05, 3.63) is 34.9 Å². The van der Waals surface area contributed by atoms with E-state index >= 15 is 0 Å². The third-order valence-electron chi connectivity index (χ3n) is 5.42. The lowest BCUT2D eigenvalue weighted by molar-refractivity contribution is 0.0475. The fourth-order valence-corrected chi connectivity index (χ4v) is 3.63. The van der Waals surface area contributed by atoms with E-state index in [2.05, 4.69) is 5.32 Å². The summed E-state index contributed by atoms with van der Waals surface area (Å²) < 4.78 is 5.53. The van der Waals surface area contributed by atoms with Crippen LogP contribution < -0.4 is 5.32 Å². The molecule has 1 N–H and O–H groups in total. The summed E-state index contributed by atoms with van der Waals surface area (Å²) in [4.78, 5) is 38.6. The minimum absolute atomic E-state index is 0.0764. The van der Waals surface area contributed by atoms with E-state index in [0.29, 0.717) is 35.8 Å². The zero-order valence-electron chi connectivity index (χ0n) is 14.1. The van der Waals surface area contributed by atoms with Gasteiger partial charge in [0.05, 0.1) is 23.8 Å². The van der Waals surface area contributed by atoms with Gasteiger partial charge in [-0.1, -0.05) is 6.42 Å². The quantitative estimate of drug-likeness (QED) is 0.831. The monoisotopic (exact) mass is 342 g/mol. The Morgan fingerprint density at radius 1 is 1.12 bits per heavy atom. The first-order valence-corrected chi connectivity index (χ1v) is 9.03. The Kier molecular flexibility index (Phi) is 4.29. The van der Waals surface area contributed by atoms with Gasteiger partial charge in [0.15, 0.2) is 0 Å². The molecule has 2 fully saturated rings. The number of carbonyl (C=O) groups excluding carboxylic acids is 3. The molecule has 6 nitrogen and oxygen atoms in total. The number of imide groups is 1. The SMILES string of the molecule is O=C(NCC1CCC1)c1ccc2c(c1)C(=O)N(C[C@H]1CCCO1)C2=O. The Balaban J connectivity index is 1.47. The molecule has 25 heavy (non-hydrogen) atoms. The first-order chi connectivity index (χ1) is 12.1. The van der Waals surface area contributed by atoms with Crippen LogP contribution in [0.2, 0.25) is 0 Å². The van der Waals surface area contributed by atoms with Crippen LogP contribution in [0, 0.1) is 5.92 Å². The molecular weight excluding hydrogens is 320 g/mol. The predicted octanol–water partition coefficient (Wildman–Crippen LogP) is 1.99. The Bertz CT molecular complexity index is 720. The topological polar surface area (TPSA) is 75.7 Å². The van der Waals surface area contributed by atoms with Gasteiger partial charge in [-0.3, -0.25) is 19.3 Å². The molecule has 6 heteroatoms. The van der Waals surface area contributed by atoms with E-state index < -0.39 is 0 Å². The third kappa shape index (κ3) is 3.06. The second-order valence-electron chi connectivity index (χ2n) is 7.12. The van der Waals surface area contributed by atoms with E-state index in [1.54, 1.807) is 18.2 Å². The second-order valence-corrected chi connectivity index (χ2v) is 7.12. The standard InChI is InChI=1S/C19H22N2O4/c22-17(20-10-12-3-1-4-12)13-6-7-15-16(9-13)19(24)21(18(15)23)11-14-5-2-8-25-14/h6-7,9,12,14H,1-5,8,10-11H2,(H,20,22)/t14-/m1/s1. The maximum Gasteiger partial charge on any atom is 0.261 e. The van der Waals surface area contributed by atoms with E-state index in [1.165, 1.54) is 11.3 Å². The molecule has 1 aromatic rings. The molecule has 4 rings (SSSR count). The van der Waals surface area contributed by atoms with Crippen LogP contribution in [0.4, 0.5) is 0 Å². The van der Waals surface area contributed by atoms with Crippen LogP contribution in [0.15, 0.2) is 18.2 Å². The number of nitrogens with one attached hydrogen (secondary N) is 1. The number of nitrogens with zero attached hydrogens (tertiary/aromatic N) is 1. The van der Waals surface area contributed by atoms with Crippen molar-refractivity contribution in [1.29, 1.82) is 0 Å². The van der Waals surface area contributed by atoms with Gasteiger partial charge >= 0.3 is 0 Å². The van der Waals surface area contributed by atoms with Crippen LogP contribution in [0.25, 0.3) is 0 Å². The summed E-state index contributed by atoms with van der Waals surface area (Å²) in [6, 6.07) is 4.75. The maximum absolute atomic E-state index is 12.6. The lowest BCUT2D eigenvalue weighted by atomic mass is 9.85. The van der Waals surface area contributed by atoms with Crippen LogP contribution in [0.1, 0.15) is 63.2 Å². The molecule has 2 aliphatic heterocycles. The van der Waals surface area contributed by atoms with E-state index in [-0.39, 0.29) is 30.4 Å². The largest absolute Gasteiger partial charge is 0.376 e. The number of ether oxygens (including phenoxy) is 1. The third-order valence-corrected chi connectivity index (χ3v) is 5.42. The number of carbonyl (C=O) groups is 3. The number of amides is 3. The van der Waals surface area contributed by atoms with Crippen molar-refractivity contribution in [1.82, 2.24) is 10.2 Å². The maximum atomic E-state index is 12.6. The molecule has 1 atom stereocenters. The molecule has 1 saturated carbocycles. The minimum Gasteiger partial charge on any atom is -0.376 e. The summed E-state index contributed by atoms with van der Waals surface area (Å²) in [5, 5.41) is 2.92. The number of rotatable bonds is 5. The molecular formula is C19H22N2O4. The van der Waals surface area contributed by atoms with E-state index in [4.69, 9.17) is 4.74 Å². The van der Waals surface area contributed by atoms with Gasteiger partial charge < -0.3 is 10.1 Å². The zero-order valence-corrected chi connectivity index (χ0v) is 14.1. The van der Waals surface area contributed by atoms with Gasteiger partial charge in [0.25, 0.3) is 17.7 Å². The van der Waals surface area contributed by atoms with Crippen molar-refractivity contribution in [2.45, 2.75) is 38.2 Å². The first-order valence-electron chi connectivity index (χ1n) is 9.03. The van der Waals surface area contributed by atoms with E-state index in [9.17, 15) is 14.4 Å². The molecule has 1 aliphatic carbocycles. The second kappa shape index (κ2) is 6.59. The normalized spacial score (nSPS) is 22.9. The van der Waals surface area contributed by atoms with E-state index in [0.717, 1.165) is 25.7 Å². The van der Waals surface area contributed by atoms with Crippen molar-refractivity contribution >= 4 is 17.7 Å². The van der Waals surface area contributed by atoms with Gasteiger partial charge in [-0.2, -0.15) is 0 Å². The van der Waals surface area contributed by atoms with Crippen LogP contribution in [0.3, 0.4) is 0 Å². The van der Waals surface area contributed by atoms with E-state index in [1.807, 2.05) is 0 Å². The fraction of sp³-hybridized carbons (Fsp3) is 0.526. The molecule has 3 aliphatic rings. The van der Waals surface area contributed by atoms with Crippen molar-refractivity contribution < 1.29 is 19.1 Å². The summed E-state index contributed by atoms with van der Waals surface area (Å²) >= 11 is 0. The first kappa shape index (κ1) is 16.3.